The molecule has 4 aromatic rings. The second-order valence-electron chi connectivity index (χ2n) is 9.31. The summed E-state index contributed by atoms with van der Waals surface area (Å²) < 4.78 is 3.62. The van der Waals surface area contributed by atoms with Crippen LogP contribution in [0.2, 0.25) is 0 Å². The zero-order chi connectivity index (χ0) is 22.9. The first kappa shape index (κ1) is 21.3. The topological polar surface area (TPSA) is 90.0 Å². The monoisotopic (exact) mass is 445 g/mol. The lowest BCUT2D eigenvalue weighted by atomic mass is 9.80. The van der Waals surface area contributed by atoms with E-state index in [9.17, 15) is 4.79 Å². The molecule has 0 unspecified atom stereocenters. The number of hydrogen-bond donors (Lipinski definition) is 1. The largest absolute Gasteiger partial charge is 0.319 e. The van der Waals surface area contributed by atoms with Crippen LogP contribution < -0.4 is 5.32 Å². The summed E-state index contributed by atoms with van der Waals surface area (Å²) in [7, 11) is 0. The Hall–Kier alpha value is -3.55. The lowest BCUT2D eigenvalue weighted by Gasteiger charge is -2.30. The molecule has 0 radical (unpaired) electrons. The highest BCUT2D eigenvalue weighted by Gasteiger charge is 2.27. The van der Waals surface area contributed by atoms with Crippen LogP contribution in [0.5, 0.6) is 0 Å². The number of aromatic nitrogens is 6. The van der Waals surface area contributed by atoms with Crippen LogP contribution in [-0.2, 0) is 0 Å². The smallest absolute Gasteiger partial charge is 0.261 e. The molecular weight excluding hydrogens is 414 g/mol. The Morgan fingerprint density at radius 1 is 1.15 bits per heavy atom. The van der Waals surface area contributed by atoms with Crippen LogP contribution in [-0.4, -0.2) is 35.3 Å². The molecule has 0 aliphatic heterocycles. The first-order valence-electron chi connectivity index (χ1n) is 11.6. The predicted octanol–water partition coefficient (Wildman–Crippen LogP) is 5.18. The molecule has 4 aromatic heterocycles. The number of rotatable bonds is 5. The molecule has 4 heterocycles. The summed E-state index contributed by atoms with van der Waals surface area (Å²) in [6.45, 7) is 6.62. The van der Waals surface area contributed by atoms with Crippen LogP contribution >= 0.6 is 0 Å². The van der Waals surface area contributed by atoms with Gasteiger partial charge < -0.3 is 5.32 Å². The van der Waals surface area contributed by atoms with Crippen molar-refractivity contribution in [3.8, 4) is 11.4 Å². The van der Waals surface area contributed by atoms with Gasteiger partial charge in [0, 0.05) is 26.2 Å². The molecule has 0 aromatic carbocycles. The molecule has 8 nitrogen and oxygen atoms in total. The molecule has 5 rings (SSSR count). The Morgan fingerprint density at radius 2 is 1.97 bits per heavy atom. The van der Waals surface area contributed by atoms with Crippen molar-refractivity contribution in [1.29, 1.82) is 0 Å². The molecule has 1 aliphatic carbocycles. The SMILES string of the molecule is Cc1ccc(-c2nn(C3CCC(C(C)C)CC3)cc2NC(=O)c2cnn3cccnc23)nc1.[HH]. The number of carbonyl (C=O) groups is 1. The second kappa shape index (κ2) is 8.77. The fourth-order valence-electron chi connectivity index (χ4n) is 4.68. The van der Waals surface area contributed by atoms with E-state index in [1.165, 1.54) is 12.8 Å². The maximum Gasteiger partial charge on any atom is 0.261 e. The van der Waals surface area contributed by atoms with Crippen molar-refractivity contribution in [3.63, 3.8) is 0 Å². The van der Waals surface area contributed by atoms with Crippen molar-refractivity contribution in [1.82, 2.24) is 29.4 Å². The molecule has 172 valence electrons. The number of pyridine rings is 1. The average molecular weight is 446 g/mol. The van der Waals surface area contributed by atoms with Crippen molar-refractivity contribution >= 4 is 17.2 Å². The van der Waals surface area contributed by atoms with Gasteiger partial charge in [-0.15, -0.1) is 0 Å². The van der Waals surface area contributed by atoms with Gasteiger partial charge in [0.05, 0.1) is 23.6 Å². The van der Waals surface area contributed by atoms with E-state index >= 15 is 0 Å². The molecule has 1 saturated carbocycles. The van der Waals surface area contributed by atoms with E-state index < -0.39 is 0 Å². The molecule has 0 bridgehead atoms. The van der Waals surface area contributed by atoms with Gasteiger partial charge in [-0.2, -0.15) is 10.2 Å². The van der Waals surface area contributed by atoms with Crippen molar-refractivity contribution in [2.75, 3.05) is 5.32 Å². The first-order chi connectivity index (χ1) is 16.0. The van der Waals surface area contributed by atoms with Crippen LogP contribution in [0.15, 0.2) is 49.2 Å². The standard InChI is InChI=1S/C25H29N7O.H2/c1-16(2)18-6-8-19(9-7-18)32-15-22(23(30-32)21-10-5-17(3)13-27-21)29-25(33)20-14-28-31-12-4-11-26-24(20)31;/h4-5,10-16,18-19H,6-9H2,1-3H3,(H,29,33);1H. The van der Waals surface area contributed by atoms with Crippen LogP contribution in [0.4, 0.5) is 5.69 Å². The summed E-state index contributed by atoms with van der Waals surface area (Å²) in [4.78, 5) is 22.0. The number of nitrogens with zero attached hydrogens (tertiary/aromatic N) is 6. The minimum absolute atomic E-state index is 0. The Morgan fingerprint density at radius 3 is 2.70 bits per heavy atom. The Balaban J connectivity index is 0.00000274. The number of nitrogens with one attached hydrogen (secondary N) is 1. The Labute approximate surface area is 194 Å². The molecule has 1 amide bonds. The van der Waals surface area contributed by atoms with Gasteiger partial charge in [-0.05, 0) is 62.1 Å². The van der Waals surface area contributed by atoms with Gasteiger partial charge in [0.25, 0.3) is 5.91 Å². The number of anilines is 1. The molecule has 1 fully saturated rings. The second-order valence-corrected chi connectivity index (χ2v) is 9.31. The van der Waals surface area contributed by atoms with Crippen molar-refractivity contribution < 1.29 is 6.22 Å². The van der Waals surface area contributed by atoms with E-state index in [1.54, 1.807) is 29.2 Å². The fraction of sp³-hybridized carbons (Fsp3) is 0.400. The van der Waals surface area contributed by atoms with Gasteiger partial charge in [-0.1, -0.05) is 19.9 Å². The van der Waals surface area contributed by atoms with E-state index in [0.29, 0.717) is 34.6 Å². The third kappa shape index (κ3) is 4.25. The zero-order valence-corrected chi connectivity index (χ0v) is 19.3. The number of aryl methyl sites for hydroxylation is 1. The molecule has 0 saturated heterocycles. The minimum Gasteiger partial charge on any atom is -0.319 e. The number of amides is 1. The van der Waals surface area contributed by atoms with Gasteiger partial charge in [0.2, 0.25) is 0 Å². The average Bonchev–Trinajstić information content (AvgIpc) is 3.44. The molecule has 8 heteroatoms. The summed E-state index contributed by atoms with van der Waals surface area (Å²) in [6, 6.07) is 6.06. The molecule has 33 heavy (non-hydrogen) atoms. The van der Waals surface area contributed by atoms with Crippen molar-refractivity contribution in [3.05, 3.63) is 60.3 Å². The highest BCUT2D eigenvalue weighted by Crippen LogP contribution is 2.37. The van der Waals surface area contributed by atoms with E-state index in [4.69, 9.17) is 5.10 Å². The van der Waals surface area contributed by atoms with Crippen molar-refractivity contribution in [2.45, 2.75) is 52.5 Å². The maximum absolute atomic E-state index is 13.2. The Bertz CT molecular complexity index is 1270. The maximum atomic E-state index is 13.2. The molecule has 1 aliphatic rings. The van der Waals surface area contributed by atoms with Crippen LogP contribution in [0.1, 0.15) is 62.9 Å². The van der Waals surface area contributed by atoms with Gasteiger partial charge >= 0.3 is 0 Å². The zero-order valence-electron chi connectivity index (χ0n) is 19.3. The van der Waals surface area contributed by atoms with E-state index in [1.807, 2.05) is 36.1 Å². The summed E-state index contributed by atoms with van der Waals surface area (Å²) in [5.74, 6) is 1.22. The van der Waals surface area contributed by atoms with Crippen molar-refractivity contribution in [2.24, 2.45) is 11.8 Å². The minimum atomic E-state index is -0.264. The van der Waals surface area contributed by atoms with Gasteiger partial charge in [-0.25, -0.2) is 9.50 Å². The van der Waals surface area contributed by atoms with E-state index in [0.717, 1.165) is 30.0 Å². The number of carbonyl (C=O) groups excluding carboxylic acids is 1. The van der Waals surface area contributed by atoms with Crippen LogP contribution in [0.3, 0.4) is 0 Å². The lowest BCUT2D eigenvalue weighted by molar-refractivity contribution is 0.102. The molecule has 0 spiro atoms. The summed E-state index contributed by atoms with van der Waals surface area (Å²) >= 11 is 0. The molecule has 1 N–H and O–H groups in total. The highest BCUT2D eigenvalue weighted by molar-refractivity contribution is 6.09. The normalized spacial score (nSPS) is 18.7. The van der Waals surface area contributed by atoms with Crippen LogP contribution in [0, 0.1) is 18.8 Å². The predicted molar refractivity (Wildman–Crippen MR) is 129 cm³/mol. The van der Waals surface area contributed by atoms with E-state index in [2.05, 4.69) is 34.2 Å². The van der Waals surface area contributed by atoms with Crippen LogP contribution in [0.25, 0.3) is 17.0 Å². The third-order valence-corrected chi connectivity index (χ3v) is 6.72. The van der Waals surface area contributed by atoms with E-state index in [-0.39, 0.29) is 7.33 Å². The fourth-order valence-corrected chi connectivity index (χ4v) is 4.68. The number of fused-ring (bicyclic) bond motifs is 1. The van der Waals surface area contributed by atoms with Gasteiger partial charge in [0.15, 0.2) is 5.65 Å². The number of hydrogen-bond acceptors (Lipinski definition) is 5. The highest BCUT2D eigenvalue weighted by atomic mass is 16.1. The molecular formula is C25H31N7O. The summed E-state index contributed by atoms with van der Waals surface area (Å²) in [5.41, 5.74) is 4.08. The quantitative estimate of drug-likeness (QED) is 0.457. The van der Waals surface area contributed by atoms with Gasteiger partial charge in [0.1, 0.15) is 11.3 Å². The summed E-state index contributed by atoms with van der Waals surface area (Å²) in [6.07, 6.45) is 13.3. The first-order valence-corrected chi connectivity index (χ1v) is 11.6. The van der Waals surface area contributed by atoms with Gasteiger partial charge in [-0.3, -0.25) is 14.5 Å². The Kier molecular flexibility index (Phi) is 5.66. The summed E-state index contributed by atoms with van der Waals surface area (Å²) in [5, 5.41) is 12.2. The third-order valence-electron chi connectivity index (χ3n) is 6.72. The molecule has 0 atom stereocenters. The lowest BCUT2D eigenvalue weighted by Crippen LogP contribution is -2.21.